The molecule has 1 fully saturated rings. The van der Waals surface area contributed by atoms with Gasteiger partial charge in [-0.25, -0.2) is 0 Å². The van der Waals surface area contributed by atoms with Gasteiger partial charge in [0.2, 0.25) is 5.91 Å². The Morgan fingerprint density at radius 2 is 2.00 bits per heavy atom. The monoisotopic (exact) mass is 304 g/mol. The van der Waals surface area contributed by atoms with Gasteiger partial charge in [-0.15, -0.1) is 0 Å². The fourth-order valence-electron chi connectivity index (χ4n) is 2.75. The largest absolute Gasteiger partial charge is 0.478 e. The zero-order valence-corrected chi connectivity index (χ0v) is 12.7. The van der Waals surface area contributed by atoms with Crippen molar-refractivity contribution in [2.45, 2.75) is 19.4 Å². The van der Waals surface area contributed by atoms with Gasteiger partial charge >= 0.3 is 0 Å². The number of carbonyl (C=O) groups excluding carboxylic acids is 2. The molecule has 22 heavy (non-hydrogen) atoms. The lowest BCUT2D eigenvalue weighted by Crippen LogP contribution is -2.51. The van der Waals surface area contributed by atoms with E-state index in [0.717, 1.165) is 0 Å². The first-order valence-electron chi connectivity index (χ1n) is 7.63. The molecule has 1 atom stereocenters. The van der Waals surface area contributed by atoms with Crippen molar-refractivity contribution in [2.75, 3.05) is 37.7 Å². The summed E-state index contributed by atoms with van der Waals surface area (Å²) in [6.07, 6.45) is 0.0578. The van der Waals surface area contributed by atoms with E-state index in [4.69, 9.17) is 9.47 Å². The zero-order chi connectivity index (χ0) is 15.5. The molecule has 2 amide bonds. The highest BCUT2D eigenvalue weighted by Gasteiger charge is 2.35. The number of rotatable bonds is 3. The molecular formula is C16H20N2O4. The van der Waals surface area contributed by atoms with Gasteiger partial charge in [0.25, 0.3) is 5.91 Å². The SMILES string of the molecule is CC[C@@H]1Oc2ccccc2N(CC(=O)N2CCOCC2)C1=O. The molecule has 0 aliphatic carbocycles. The van der Waals surface area contributed by atoms with Crippen molar-refractivity contribution in [3.05, 3.63) is 24.3 Å². The maximum Gasteiger partial charge on any atom is 0.268 e. The Labute approximate surface area is 129 Å². The fraction of sp³-hybridized carbons (Fsp3) is 0.500. The maximum atomic E-state index is 12.5. The van der Waals surface area contributed by atoms with Crippen molar-refractivity contribution in [3.8, 4) is 5.75 Å². The van der Waals surface area contributed by atoms with E-state index in [-0.39, 0.29) is 18.4 Å². The van der Waals surface area contributed by atoms with E-state index in [9.17, 15) is 9.59 Å². The van der Waals surface area contributed by atoms with Crippen LogP contribution in [0.5, 0.6) is 5.75 Å². The standard InChI is InChI=1S/C16H20N2O4/c1-2-13-16(20)18(12-5-3-4-6-14(12)22-13)11-15(19)17-7-9-21-10-8-17/h3-6,13H,2,7-11H2,1H3/t13-/m0/s1. The summed E-state index contributed by atoms with van der Waals surface area (Å²) in [5.74, 6) is 0.453. The molecule has 0 bridgehead atoms. The van der Waals surface area contributed by atoms with Gasteiger partial charge < -0.3 is 14.4 Å². The van der Waals surface area contributed by atoms with Crippen LogP contribution in [0, 0.1) is 0 Å². The molecule has 0 radical (unpaired) electrons. The van der Waals surface area contributed by atoms with E-state index in [2.05, 4.69) is 0 Å². The number of fused-ring (bicyclic) bond motifs is 1. The van der Waals surface area contributed by atoms with Crippen LogP contribution >= 0.6 is 0 Å². The lowest BCUT2D eigenvalue weighted by Gasteiger charge is -2.35. The molecule has 0 unspecified atom stereocenters. The first kappa shape index (κ1) is 14.8. The molecule has 2 aliphatic rings. The third kappa shape index (κ3) is 2.78. The van der Waals surface area contributed by atoms with Gasteiger partial charge in [0.05, 0.1) is 18.9 Å². The van der Waals surface area contributed by atoms with Crippen molar-refractivity contribution in [3.63, 3.8) is 0 Å². The molecule has 6 nitrogen and oxygen atoms in total. The number of carbonyl (C=O) groups is 2. The average molecular weight is 304 g/mol. The minimum absolute atomic E-state index is 0.0513. The van der Waals surface area contributed by atoms with Crippen LogP contribution in [0.15, 0.2) is 24.3 Å². The predicted molar refractivity (Wildman–Crippen MR) is 80.9 cm³/mol. The molecule has 1 aromatic carbocycles. The van der Waals surface area contributed by atoms with Gasteiger partial charge in [-0.1, -0.05) is 19.1 Å². The van der Waals surface area contributed by atoms with Crippen LogP contribution in [0.1, 0.15) is 13.3 Å². The summed E-state index contributed by atoms with van der Waals surface area (Å²) in [4.78, 5) is 28.3. The molecular weight excluding hydrogens is 284 g/mol. The number of ether oxygens (including phenoxy) is 2. The van der Waals surface area contributed by atoms with Crippen molar-refractivity contribution >= 4 is 17.5 Å². The van der Waals surface area contributed by atoms with Crippen LogP contribution in [0.2, 0.25) is 0 Å². The first-order valence-corrected chi connectivity index (χ1v) is 7.63. The van der Waals surface area contributed by atoms with Gasteiger partial charge in [0, 0.05) is 13.1 Å². The Bertz CT molecular complexity index is 569. The van der Waals surface area contributed by atoms with Crippen LogP contribution in [0.25, 0.3) is 0 Å². The molecule has 0 N–H and O–H groups in total. The number of nitrogens with zero attached hydrogens (tertiary/aromatic N) is 2. The molecule has 1 aromatic rings. The minimum Gasteiger partial charge on any atom is -0.478 e. The number of benzene rings is 1. The van der Waals surface area contributed by atoms with Crippen LogP contribution < -0.4 is 9.64 Å². The van der Waals surface area contributed by atoms with Crippen molar-refractivity contribution < 1.29 is 19.1 Å². The van der Waals surface area contributed by atoms with Crippen molar-refractivity contribution in [2.24, 2.45) is 0 Å². The second-order valence-corrected chi connectivity index (χ2v) is 5.40. The zero-order valence-electron chi connectivity index (χ0n) is 12.7. The van der Waals surface area contributed by atoms with Crippen molar-refractivity contribution in [1.82, 2.24) is 4.90 Å². The van der Waals surface area contributed by atoms with Gasteiger partial charge in [-0.3, -0.25) is 14.5 Å². The van der Waals surface area contributed by atoms with Gasteiger partial charge in [-0.05, 0) is 18.6 Å². The third-order valence-corrected chi connectivity index (χ3v) is 3.99. The van der Waals surface area contributed by atoms with E-state index in [1.165, 1.54) is 0 Å². The number of anilines is 1. The summed E-state index contributed by atoms with van der Waals surface area (Å²) in [7, 11) is 0. The Balaban J connectivity index is 1.81. The van der Waals surface area contributed by atoms with Gasteiger partial charge in [0.15, 0.2) is 6.10 Å². The highest BCUT2D eigenvalue weighted by molar-refractivity contribution is 6.03. The van der Waals surface area contributed by atoms with Gasteiger partial charge in [-0.2, -0.15) is 0 Å². The fourth-order valence-corrected chi connectivity index (χ4v) is 2.75. The number of morpholine rings is 1. The van der Waals surface area contributed by atoms with E-state index in [0.29, 0.717) is 44.2 Å². The average Bonchev–Trinajstić information content (AvgIpc) is 2.57. The third-order valence-electron chi connectivity index (χ3n) is 3.99. The van der Waals surface area contributed by atoms with Crippen LogP contribution in [-0.4, -0.2) is 55.7 Å². The molecule has 2 aliphatic heterocycles. The topological polar surface area (TPSA) is 59.1 Å². The summed E-state index contributed by atoms with van der Waals surface area (Å²) in [6.45, 7) is 4.22. The van der Waals surface area contributed by atoms with E-state index in [1.807, 2.05) is 31.2 Å². The maximum absolute atomic E-state index is 12.5. The normalized spacial score (nSPS) is 21.3. The quantitative estimate of drug-likeness (QED) is 0.837. The Hall–Kier alpha value is -2.08. The minimum atomic E-state index is -0.521. The molecule has 1 saturated heterocycles. The van der Waals surface area contributed by atoms with Crippen LogP contribution in [0.4, 0.5) is 5.69 Å². The molecule has 0 aromatic heterocycles. The van der Waals surface area contributed by atoms with Crippen LogP contribution in [0.3, 0.4) is 0 Å². The Kier molecular flexibility index (Phi) is 4.29. The highest BCUT2D eigenvalue weighted by Crippen LogP contribution is 2.34. The molecule has 3 rings (SSSR count). The first-order chi connectivity index (χ1) is 10.7. The number of hydrogen-bond donors (Lipinski definition) is 0. The summed E-state index contributed by atoms with van der Waals surface area (Å²) in [5.41, 5.74) is 0.666. The van der Waals surface area contributed by atoms with E-state index in [1.54, 1.807) is 9.80 Å². The molecule has 0 spiro atoms. The lowest BCUT2D eigenvalue weighted by molar-refractivity contribution is -0.136. The smallest absolute Gasteiger partial charge is 0.268 e. The summed E-state index contributed by atoms with van der Waals surface area (Å²) >= 11 is 0. The number of hydrogen-bond acceptors (Lipinski definition) is 4. The van der Waals surface area contributed by atoms with Crippen molar-refractivity contribution in [1.29, 1.82) is 0 Å². The Morgan fingerprint density at radius 3 is 2.73 bits per heavy atom. The highest BCUT2D eigenvalue weighted by atomic mass is 16.5. The molecule has 6 heteroatoms. The molecule has 2 heterocycles. The molecule has 118 valence electrons. The second kappa shape index (κ2) is 6.36. The molecule has 0 saturated carbocycles. The summed E-state index contributed by atoms with van der Waals surface area (Å²) in [5, 5.41) is 0. The summed E-state index contributed by atoms with van der Waals surface area (Å²) in [6, 6.07) is 7.35. The van der Waals surface area contributed by atoms with E-state index >= 15 is 0 Å². The van der Waals surface area contributed by atoms with Crippen LogP contribution in [-0.2, 0) is 14.3 Å². The summed E-state index contributed by atoms with van der Waals surface area (Å²) < 4.78 is 11.0. The van der Waals surface area contributed by atoms with Gasteiger partial charge in [0.1, 0.15) is 12.3 Å². The Morgan fingerprint density at radius 1 is 1.27 bits per heavy atom. The predicted octanol–water partition coefficient (Wildman–Crippen LogP) is 1.05. The lowest BCUT2D eigenvalue weighted by atomic mass is 10.1. The second-order valence-electron chi connectivity index (χ2n) is 5.40. The number of para-hydroxylation sites is 2. The van der Waals surface area contributed by atoms with E-state index < -0.39 is 6.10 Å². The number of amides is 2.